The minimum absolute atomic E-state index is 0. The normalized spacial score (nSPS) is 9.71. The average molecular weight is 344 g/mol. The van der Waals surface area contributed by atoms with Gasteiger partial charge in [-0.2, -0.15) is 0 Å². The van der Waals surface area contributed by atoms with Gasteiger partial charge in [-0.25, -0.2) is 9.97 Å². The predicted octanol–water partition coefficient (Wildman–Crippen LogP) is 4.37. The van der Waals surface area contributed by atoms with Gasteiger partial charge in [0, 0.05) is 5.56 Å². The molecule has 2 aromatic heterocycles. The van der Waals surface area contributed by atoms with E-state index in [1.165, 1.54) is 0 Å². The highest BCUT2D eigenvalue weighted by Gasteiger charge is 2.06. The van der Waals surface area contributed by atoms with Crippen LogP contribution < -0.4 is 0 Å². The van der Waals surface area contributed by atoms with Crippen molar-refractivity contribution in [3.05, 3.63) is 48.8 Å². The van der Waals surface area contributed by atoms with E-state index in [4.69, 9.17) is 0 Å². The highest BCUT2D eigenvalue weighted by Crippen LogP contribution is 2.22. The lowest BCUT2D eigenvalue weighted by Crippen LogP contribution is -1.80. The molecule has 0 aliphatic heterocycles. The minimum atomic E-state index is 0. The number of para-hydroxylation sites is 2. The lowest BCUT2D eigenvalue weighted by Gasteiger charge is -1.96. The summed E-state index contributed by atoms with van der Waals surface area (Å²) in [7, 11) is 0. The molecule has 2 N–H and O–H groups in total. The molecule has 0 amide bonds. The van der Waals surface area contributed by atoms with E-state index in [-0.39, 0.29) is 37.2 Å². The number of hydrogen-bond acceptors (Lipinski definition) is 2. The summed E-state index contributed by atoms with van der Waals surface area (Å²) < 4.78 is 0. The van der Waals surface area contributed by atoms with Crippen molar-refractivity contribution in [3.8, 4) is 11.4 Å². The number of aromatic amines is 2. The van der Waals surface area contributed by atoms with Crippen LogP contribution in [0.1, 0.15) is 0 Å². The maximum absolute atomic E-state index is 4.58. The first-order chi connectivity index (χ1) is 8.90. The molecule has 2 heterocycles. The topological polar surface area (TPSA) is 57.4 Å². The van der Waals surface area contributed by atoms with Crippen LogP contribution in [0.15, 0.2) is 48.8 Å². The maximum atomic E-state index is 4.58. The molecule has 21 heavy (non-hydrogen) atoms. The molecular weight excluding hydrogens is 331 g/mol. The summed E-state index contributed by atoms with van der Waals surface area (Å²) in [5, 5.41) is 0. The standard InChI is InChI=1S/C14H10N4.3ClH/c1-2-4-12-11(3-1)17-14(18-12)9-5-6-10-13(7-9)16-8-15-10;;;/h1-8H,(H,15,16)(H,17,18);3*1H. The van der Waals surface area contributed by atoms with Crippen LogP contribution in [0.3, 0.4) is 0 Å². The second-order valence-electron chi connectivity index (χ2n) is 4.24. The van der Waals surface area contributed by atoms with Gasteiger partial charge in [-0.15, -0.1) is 37.2 Å². The van der Waals surface area contributed by atoms with E-state index in [1.807, 2.05) is 36.4 Å². The Morgan fingerprint density at radius 2 is 1.62 bits per heavy atom. The van der Waals surface area contributed by atoms with Gasteiger partial charge in [0.25, 0.3) is 0 Å². The van der Waals surface area contributed by atoms with Gasteiger partial charge < -0.3 is 9.97 Å². The summed E-state index contributed by atoms with van der Waals surface area (Å²) in [6.07, 6.45) is 1.70. The van der Waals surface area contributed by atoms with Gasteiger partial charge in [-0.05, 0) is 30.3 Å². The monoisotopic (exact) mass is 342 g/mol. The number of aromatic nitrogens is 4. The zero-order valence-electron chi connectivity index (χ0n) is 10.7. The van der Waals surface area contributed by atoms with Crippen LogP contribution >= 0.6 is 37.2 Å². The van der Waals surface area contributed by atoms with E-state index in [9.17, 15) is 0 Å². The quantitative estimate of drug-likeness (QED) is 0.539. The molecule has 0 unspecified atom stereocenters. The Labute approximate surface area is 139 Å². The molecule has 0 aliphatic carbocycles. The summed E-state index contributed by atoms with van der Waals surface area (Å²) in [6.45, 7) is 0. The maximum Gasteiger partial charge on any atom is 0.138 e. The molecule has 0 bridgehead atoms. The summed E-state index contributed by atoms with van der Waals surface area (Å²) >= 11 is 0. The number of fused-ring (bicyclic) bond motifs is 2. The molecule has 0 radical (unpaired) electrons. The van der Waals surface area contributed by atoms with Gasteiger partial charge in [0.2, 0.25) is 0 Å². The molecule has 4 aromatic rings. The molecule has 2 aromatic carbocycles. The number of nitrogens with zero attached hydrogens (tertiary/aromatic N) is 2. The highest BCUT2D eigenvalue weighted by molar-refractivity contribution is 5.86. The number of halogens is 3. The molecule has 0 saturated heterocycles. The molecule has 4 nitrogen and oxygen atoms in total. The van der Waals surface area contributed by atoms with Crippen molar-refractivity contribution in [1.29, 1.82) is 0 Å². The van der Waals surface area contributed by atoms with E-state index >= 15 is 0 Å². The predicted molar refractivity (Wildman–Crippen MR) is 92.9 cm³/mol. The number of H-pyrrole nitrogens is 2. The molecule has 7 heteroatoms. The zero-order chi connectivity index (χ0) is 11.9. The molecular formula is C14H13Cl3N4. The fourth-order valence-corrected chi connectivity index (χ4v) is 2.17. The van der Waals surface area contributed by atoms with Crippen molar-refractivity contribution < 1.29 is 0 Å². The summed E-state index contributed by atoms with van der Waals surface area (Å²) in [4.78, 5) is 15.2. The number of benzene rings is 2. The second kappa shape index (κ2) is 6.80. The van der Waals surface area contributed by atoms with Crippen molar-refractivity contribution in [3.63, 3.8) is 0 Å². The number of imidazole rings is 2. The van der Waals surface area contributed by atoms with Gasteiger partial charge in [-0.3, -0.25) is 0 Å². The van der Waals surface area contributed by atoms with Crippen LogP contribution in [0.2, 0.25) is 0 Å². The Hall–Kier alpha value is -1.75. The Kier molecular flexibility index (Phi) is 5.61. The number of rotatable bonds is 1. The Bertz CT molecular complexity index is 820. The molecule has 4 rings (SSSR count). The van der Waals surface area contributed by atoms with Gasteiger partial charge in [0.1, 0.15) is 5.82 Å². The first kappa shape index (κ1) is 17.3. The molecule has 0 aliphatic rings. The van der Waals surface area contributed by atoms with Crippen molar-refractivity contribution in [2.75, 3.05) is 0 Å². The Balaban J connectivity index is 0.000000735. The molecule has 0 spiro atoms. The molecule has 0 fully saturated rings. The van der Waals surface area contributed by atoms with Crippen LogP contribution in [0.4, 0.5) is 0 Å². The smallest absolute Gasteiger partial charge is 0.138 e. The fourth-order valence-electron chi connectivity index (χ4n) is 2.17. The first-order valence-electron chi connectivity index (χ1n) is 5.78. The minimum Gasteiger partial charge on any atom is -0.345 e. The van der Waals surface area contributed by atoms with E-state index in [0.29, 0.717) is 0 Å². The van der Waals surface area contributed by atoms with Crippen LogP contribution in [0.25, 0.3) is 33.5 Å². The van der Waals surface area contributed by atoms with E-state index in [0.717, 1.165) is 33.5 Å². The van der Waals surface area contributed by atoms with Crippen molar-refractivity contribution in [1.82, 2.24) is 19.9 Å². The molecule has 110 valence electrons. The lowest BCUT2D eigenvalue weighted by atomic mass is 10.2. The SMILES string of the molecule is Cl.Cl.Cl.c1ccc2[nH]c(-c3ccc4nc[nH]c4c3)nc2c1. The number of nitrogens with one attached hydrogen (secondary N) is 2. The summed E-state index contributed by atoms with van der Waals surface area (Å²) in [5.74, 6) is 0.882. The molecule has 0 atom stereocenters. The van der Waals surface area contributed by atoms with E-state index in [2.05, 4.69) is 26.0 Å². The van der Waals surface area contributed by atoms with Crippen molar-refractivity contribution in [2.45, 2.75) is 0 Å². The largest absolute Gasteiger partial charge is 0.345 e. The fraction of sp³-hybridized carbons (Fsp3) is 0. The van der Waals surface area contributed by atoms with Gasteiger partial charge >= 0.3 is 0 Å². The van der Waals surface area contributed by atoms with Crippen LogP contribution in [-0.2, 0) is 0 Å². The van der Waals surface area contributed by atoms with Gasteiger partial charge in [0.05, 0.1) is 28.4 Å². The lowest BCUT2D eigenvalue weighted by molar-refractivity contribution is 1.33. The van der Waals surface area contributed by atoms with Gasteiger partial charge in [0.15, 0.2) is 0 Å². The van der Waals surface area contributed by atoms with Gasteiger partial charge in [-0.1, -0.05) is 12.1 Å². The Morgan fingerprint density at radius 1 is 0.810 bits per heavy atom. The summed E-state index contributed by atoms with van der Waals surface area (Å²) in [5.41, 5.74) is 5.08. The summed E-state index contributed by atoms with van der Waals surface area (Å²) in [6, 6.07) is 14.1. The third-order valence-corrected chi connectivity index (χ3v) is 3.08. The van der Waals surface area contributed by atoms with E-state index in [1.54, 1.807) is 6.33 Å². The second-order valence-corrected chi connectivity index (χ2v) is 4.24. The van der Waals surface area contributed by atoms with Crippen molar-refractivity contribution >= 4 is 59.3 Å². The average Bonchev–Trinajstić information content (AvgIpc) is 3.04. The third kappa shape index (κ3) is 2.97. The zero-order valence-corrected chi connectivity index (χ0v) is 13.2. The first-order valence-corrected chi connectivity index (χ1v) is 5.78. The van der Waals surface area contributed by atoms with Crippen LogP contribution in [-0.4, -0.2) is 19.9 Å². The van der Waals surface area contributed by atoms with Crippen LogP contribution in [0, 0.1) is 0 Å². The highest BCUT2D eigenvalue weighted by atomic mass is 35.5. The van der Waals surface area contributed by atoms with Crippen LogP contribution in [0.5, 0.6) is 0 Å². The third-order valence-electron chi connectivity index (χ3n) is 3.08. The van der Waals surface area contributed by atoms with Crippen molar-refractivity contribution in [2.24, 2.45) is 0 Å². The Morgan fingerprint density at radius 3 is 2.43 bits per heavy atom. The number of hydrogen-bond donors (Lipinski definition) is 2. The van der Waals surface area contributed by atoms with E-state index < -0.39 is 0 Å². The molecule has 0 saturated carbocycles.